The summed E-state index contributed by atoms with van der Waals surface area (Å²) in [6.07, 6.45) is 1.06. The van der Waals surface area contributed by atoms with Crippen LogP contribution >= 0.6 is 0 Å². The van der Waals surface area contributed by atoms with Crippen LogP contribution in [-0.2, 0) is 6.61 Å². The molecule has 0 bridgehead atoms. The van der Waals surface area contributed by atoms with Crippen molar-refractivity contribution in [1.29, 1.82) is 0 Å². The summed E-state index contributed by atoms with van der Waals surface area (Å²) in [6.45, 7) is 4.38. The van der Waals surface area contributed by atoms with Gasteiger partial charge < -0.3 is 20.3 Å². The monoisotopic (exact) mass is 391 g/mol. The van der Waals surface area contributed by atoms with Crippen LogP contribution in [0.3, 0.4) is 0 Å². The number of hydrogen-bond acceptors (Lipinski definition) is 6. The van der Waals surface area contributed by atoms with Gasteiger partial charge in [-0.1, -0.05) is 30.3 Å². The van der Waals surface area contributed by atoms with Gasteiger partial charge in [-0.05, 0) is 63.8 Å². The molecular formula is C23H29N5O. The molecule has 0 aliphatic carbocycles. The molecule has 0 spiro atoms. The number of benzene rings is 2. The van der Waals surface area contributed by atoms with Gasteiger partial charge in [-0.3, -0.25) is 0 Å². The molecule has 0 saturated carbocycles. The maximum absolute atomic E-state index is 5.84. The van der Waals surface area contributed by atoms with Crippen LogP contribution in [0.25, 0.3) is 0 Å². The van der Waals surface area contributed by atoms with Crippen molar-refractivity contribution in [3.05, 3.63) is 72.1 Å². The predicted octanol–water partition coefficient (Wildman–Crippen LogP) is 4.47. The van der Waals surface area contributed by atoms with E-state index in [1.54, 1.807) is 0 Å². The van der Waals surface area contributed by atoms with Gasteiger partial charge in [0, 0.05) is 18.3 Å². The first-order valence-electron chi connectivity index (χ1n) is 9.86. The van der Waals surface area contributed by atoms with Crippen LogP contribution in [0.5, 0.6) is 5.75 Å². The Kier molecular flexibility index (Phi) is 7.41. The summed E-state index contributed by atoms with van der Waals surface area (Å²) >= 11 is 0. The quantitative estimate of drug-likeness (QED) is 0.497. The number of ether oxygens (including phenoxy) is 1. The second-order valence-corrected chi connectivity index (χ2v) is 7.19. The van der Waals surface area contributed by atoms with E-state index in [0.29, 0.717) is 6.61 Å². The van der Waals surface area contributed by atoms with Gasteiger partial charge in [0.1, 0.15) is 29.8 Å². The number of aromatic nitrogens is 2. The van der Waals surface area contributed by atoms with Gasteiger partial charge in [0.05, 0.1) is 0 Å². The number of nitrogens with zero attached hydrogens (tertiary/aromatic N) is 3. The fraction of sp³-hybridized carbons (Fsp3) is 0.304. The first-order chi connectivity index (χ1) is 14.1. The van der Waals surface area contributed by atoms with Gasteiger partial charge in [0.2, 0.25) is 0 Å². The standard InChI is InChI=1S/C23H29N5O/c1-18-25-22(24-14-7-15-28(2)3)16-23(26-18)27-20-10-12-21(13-11-20)29-17-19-8-5-4-6-9-19/h4-6,8-13,16H,7,14-15,17H2,1-3H3,(H2,24,25,26,27). The Hall–Kier alpha value is -3.12. The predicted molar refractivity (Wildman–Crippen MR) is 119 cm³/mol. The zero-order chi connectivity index (χ0) is 20.5. The van der Waals surface area contributed by atoms with E-state index in [4.69, 9.17) is 4.74 Å². The van der Waals surface area contributed by atoms with Crippen LogP contribution in [0.1, 0.15) is 17.8 Å². The normalized spacial score (nSPS) is 10.8. The molecule has 0 saturated heterocycles. The largest absolute Gasteiger partial charge is 0.489 e. The lowest BCUT2D eigenvalue weighted by molar-refractivity contribution is 0.306. The van der Waals surface area contributed by atoms with Crippen molar-refractivity contribution in [3.8, 4) is 5.75 Å². The highest BCUT2D eigenvalue weighted by Gasteiger charge is 2.04. The molecule has 0 amide bonds. The molecule has 2 N–H and O–H groups in total. The second kappa shape index (κ2) is 10.4. The van der Waals surface area contributed by atoms with Crippen LogP contribution in [-0.4, -0.2) is 42.1 Å². The first kappa shape index (κ1) is 20.6. The molecular weight excluding hydrogens is 362 g/mol. The third-order valence-electron chi connectivity index (χ3n) is 4.30. The number of nitrogens with one attached hydrogen (secondary N) is 2. The highest BCUT2D eigenvalue weighted by atomic mass is 16.5. The Morgan fingerprint density at radius 2 is 1.66 bits per heavy atom. The van der Waals surface area contributed by atoms with Gasteiger partial charge in [-0.25, -0.2) is 9.97 Å². The molecule has 0 atom stereocenters. The van der Waals surface area contributed by atoms with Crippen molar-refractivity contribution in [1.82, 2.24) is 14.9 Å². The lowest BCUT2D eigenvalue weighted by Crippen LogP contribution is -2.16. The minimum Gasteiger partial charge on any atom is -0.489 e. The molecule has 0 aliphatic heterocycles. The Bertz CT molecular complexity index is 882. The van der Waals surface area contributed by atoms with Gasteiger partial charge in [0.15, 0.2) is 0 Å². The molecule has 0 radical (unpaired) electrons. The summed E-state index contributed by atoms with van der Waals surface area (Å²) in [5.41, 5.74) is 2.10. The maximum Gasteiger partial charge on any atom is 0.136 e. The zero-order valence-electron chi connectivity index (χ0n) is 17.4. The summed E-state index contributed by atoms with van der Waals surface area (Å²) in [7, 11) is 4.16. The number of anilines is 3. The summed E-state index contributed by atoms with van der Waals surface area (Å²) in [6, 6.07) is 20.0. The first-order valence-corrected chi connectivity index (χ1v) is 9.86. The van der Waals surface area contributed by atoms with E-state index in [1.807, 2.05) is 55.5 Å². The van der Waals surface area contributed by atoms with Gasteiger partial charge in [-0.2, -0.15) is 0 Å². The van der Waals surface area contributed by atoms with E-state index < -0.39 is 0 Å². The van der Waals surface area contributed by atoms with Gasteiger partial charge >= 0.3 is 0 Å². The molecule has 0 unspecified atom stereocenters. The van der Waals surface area contributed by atoms with Crippen molar-refractivity contribution in [2.45, 2.75) is 20.0 Å². The average molecular weight is 392 g/mol. The van der Waals surface area contributed by atoms with Gasteiger partial charge in [-0.15, -0.1) is 0 Å². The van der Waals surface area contributed by atoms with Crippen LogP contribution in [0.4, 0.5) is 17.3 Å². The molecule has 3 rings (SSSR count). The number of rotatable bonds is 10. The fourth-order valence-corrected chi connectivity index (χ4v) is 2.86. The molecule has 152 valence electrons. The van der Waals surface area contributed by atoms with Crippen LogP contribution in [0, 0.1) is 6.92 Å². The van der Waals surface area contributed by atoms with E-state index in [1.165, 1.54) is 0 Å². The third-order valence-corrected chi connectivity index (χ3v) is 4.30. The van der Waals surface area contributed by atoms with Crippen molar-refractivity contribution in [2.24, 2.45) is 0 Å². The van der Waals surface area contributed by atoms with Crippen molar-refractivity contribution in [3.63, 3.8) is 0 Å². The Labute approximate surface area is 173 Å². The molecule has 2 aromatic carbocycles. The van der Waals surface area contributed by atoms with E-state index in [0.717, 1.165) is 54.0 Å². The van der Waals surface area contributed by atoms with Crippen molar-refractivity contribution in [2.75, 3.05) is 37.8 Å². The lowest BCUT2D eigenvalue weighted by atomic mass is 10.2. The second-order valence-electron chi connectivity index (χ2n) is 7.19. The molecule has 6 nitrogen and oxygen atoms in total. The zero-order valence-corrected chi connectivity index (χ0v) is 17.4. The maximum atomic E-state index is 5.84. The van der Waals surface area contributed by atoms with E-state index >= 15 is 0 Å². The minimum absolute atomic E-state index is 0.557. The molecule has 1 aromatic heterocycles. The molecule has 29 heavy (non-hydrogen) atoms. The fourth-order valence-electron chi connectivity index (χ4n) is 2.86. The Morgan fingerprint density at radius 1 is 0.931 bits per heavy atom. The molecule has 1 heterocycles. The summed E-state index contributed by atoms with van der Waals surface area (Å²) in [5.74, 6) is 3.17. The van der Waals surface area contributed by atoms with Crippen molar-refractivity contribution < 1.29 is 4.74 Å². The van der Waals surface area contributed by atoms with Crippen LogP contribution in [0.15, 0.2) is 60.7 Å². The average Bonchev–Trinajstić information content (AvgIpc) is 2.71. The lowest BCUT2D eigenvalue weighted by Gasteiger charge is -2.12. The van der Waals surface area contributed by atoms with E-state index in [2.05, 4.69) is 51.7 Å². The minimum atomic E-state index is 0.557. The van der Waals surface area contributed by atoms with Crippen molar-refractivity contribution >= 4 is 17.3 Å². The summed E-state index contributed by atoms with van der Waals surface area (Å²) in [4.78, 5) is 11.1. The Morgan fingerprint density at radius 3 is 2.38 bits per heavy atom. The smallest absolute Gasteiger partial charge is 0.136 e. The molecule has 0 aliphatic rings. The van der Waals surface area contributed by atoms with E-state index in [9.17, 15) is 0 Å². The summed E-state index contributed by atoms with van der Waals surface area (Å²) < 4.78 is 5.84. The molecule has 6 heteroatoms. The number of aryl methyl sites for hydroxylation is 1. The topological polar surface area (TPSA) is 62.3 Å². The summed E-state index contributed by atoms with van der Waals surface area (Å²) in [5, 5.41) is 6.71. The van der Waals surface area contributed by atoms with E-state index in [-0.39, 0.29) is 0 Å². The molecule has 3 aromatic rings. The van der Waals surface area contributed by atoms with Crippen LogP contribution in [0.2, 0.25) is 0 Å². The Balaban J connectivity index is 1.55. The number of hydrogen-bond donors (Lipinski definition) is 2. The SMILES string of the molecule is Cc1nc(NCCCN(C)C)cc(Nc2ccc(OCc3ccccc3)cc2)n1. The van der Waals surface area contributed by atoms with Gasteiger partial charge in [0.25, 0.3) is 0 Å². The highest BCUT2D eigenvalue weighted by molar-refractivity contribution is 5.60. The van der Waals surface area contributed by atoms with Crippen LogP contribution < -0.4 is 15.4 Å². The highest BCUT2D eigenvalue weighted by Crippen LogP contribution is 2.21. The third kappa shape index (κ3) is 7.08. The molecule has 0 fully saturated rings.